The molecule has 3 rings (SSSR count). The van der Waals surface area contributed by atoms with Crippen LogP contribution in [-0.2, 0) is 12.6 Å². The predicted molar refractivity (Wildman–Crippen MR) is 99.3 cm³/mol. The molecule has 7 heteroatoms. The normalized spacial score (nSPS) is 11.3. The van der Waals surface area contributed by atoms with E-state index in [0.717, 1.165) is 17.7 Å². The van der Waals surface area contributed by atoms with Crippen LogP contribution in [0.4, 0.5) is 18.9 Å². The van der Waals surface area contributed by atoms with Crippen LogP contribution < -0.4 is 5.32 Å². The zero-order valence-electron chi connectivity index (χ0n) is 14.9. The van der Waals surface area contributed by atoms with E-state index in [4.69, 9.17) is 0 Å². The Morgan fingerprint density at radius 3 is 2.46 bits per heavy atom. The highest BCUT2D eigenvalue weighted by Crippen LogP contribution is 2.30. The van der Waals surface area contributed by atoms with Crippen LogP contribution in [0.1, 0.15) is 32.7 Å². The van der Waals surface area contributed by atoms with Crippen LogP contribution in [0.15, 0.2) is 60.8 Å². The Hall–Kier alpha value is -3.35. The number of anilines is 1. The summed E-state index contributed by atoms with van der Waals surface area (Å²) in [6, 6.07) is 13.5. The maximum absolute atomic E-state index is 12.8. The fourth-order valence-electron chi connectivity index (χ4n) is 2.71. The van der Waals surface area contributed by atoms with Gasteiger partial charge in [0.1, 0.15) is 5.75 Å². The van der Waals surface area contributed by atoms with E-state index in [0.29, 0.717) is 23.2 Å². The molecule has 2 N–H and O–H groups in total. The third-order valence-electron chi connectivity index (χ3n) is 4.22. The van der Waals surface area contributed by atoms with E-state index in [-0.39, 0.29) is 11.4 Å². The number of carbonyl (C=O) groups is 1. The summed E-state index contributed by atoms with van der Waals surface area (Å²) in [6.07, 6.45) is -2.61. The minimum absolute atomic E-state index is 0.0759. The summed E-state index contributed by atoms with van der Waals surface area (Å²) in [5.74, 6) is -0.729. The van der Waals surface area contributed by atoms with Crippen LogP contribution in [-0.4, -0.2) is 16.0 Å². The average Bonchev–Trinajstić information content (AvgIpc) is 2.65. The molecule has 0 fully saturated rings. The number of benzene rings is 2. The molecule has 2 aromatic carbocycles. The third kappa shape index (κ3) is 4.49. The number of carbonyl (C=O) groups excluding carboxylic acids is 1. The monoisotopic (exact) mass is 386 g/mol. The first-order chi connectivity index (χ1) is 13.2. The number of aromatic nitrogens is 1. The minimum atomic E-state index is -4.38. The number of hydrogen-bond acceptors (Lipinski definition) is 3. The van der Waals surface area contributed by atoms with Crippen molar-refractivity contribution in [2.24, 2.45) is 0 Å². The Morgan fingerprint density at radius 1 is 1.07 bits per heavy atom. The molecule has 1 aromatic heterocycles. The van der Waals surface area contributed by atoms with Gasteiger partial charge in [-0.3, -0.25) is 4.79 Å². The molecule has 1 heterocycles. The summed E-state index contributed by atoms with van der Waals surface area (Å²) in [7, 11) is 0. The lowest BCUT2D eigenvalue weighted by atomic mass is 10.0. The van der Waals surface area contributed by atoms with Gasteiger partial charge >= 0.3 is 6.18 Å². The second-order valence-corrected chi connectivity index (χ2v) is 6.35. The molecule has 28 heavy (non-hydrogen) atoms. The summed E-state index contributed by atoms with van der Waals surface area (Å²) >= 11 is 0. The SMILES string of the molecule is Cc1ccnc(C(=O)Nc2ccc(Cc3cccc(C(F)(F)F)c3)cc2)c1O. The number of pyridine rings is 1. The first-order valence-corrected chi connectivity index (χ1v) is 8.45. The summed E-state index contributed by atoms with van der Waals surface area (Å²) in [4.78, 5) is 16.1. The Morgan fingerprint density at radius 2 is 1.79 bits per heavy atom. The maximum atomic E-state index is 12.8. The summed E-state index contributed by atoms with van der Waals surface area (Å²) < 4.78 is 38.4. The highest BCUT2D eigenvalue weighted by atomic mass is 19.4. The number of hydrogen-bond donors (Lipinski definition) is 2. The number of amides is 1. The van der Waals surface area contributed by atoms with Gasteiger partial charge in [0, 0.05) is 11.9 Å². The molecular weight excluding hydrogens is 369 g/mol. The lowest BCUT2D eigenvalue weighted by molar-refractivity contribution is -0.137. The van der Waals surface area contributed by atoms with E-state index in [1.165, 1.54) is 12.3 Å². The fourth-order valence-corrected chi connectivity index (χ4v) is 2.71. The van der Waals surface area contributed by atoms with Crippen molar-refractivity contribution in [3.8, 4) is 5.75 Å². The molecule has 0 bridgehead atoms. The Bertz CT molecular complexity index is 999. The molecule has 1 amide bonds. The number of rotatable bonds is 4. The highest BCUT2D eigenvalue weighted by molar-refractivity contribution is 6.04. The summed E-state index contributed by atoms with van der Waals surface area (Å²) in [5, 5.41) is 12.6. The van der Waals surface area contributed by atoms with E-state index in [9.17, 15) is 23.1 Å². The number of aromatic hydroxyl groups is 1. The Labute approximate surface area is 159 Å². The number of nitrogens with one attached hydrogen (secondary N) is 1. The molecule has 0 aliphatic carbocycles. The zero-order chi connectivity index (χ0) is 20.3. The van der Waals surface area contributed by atoms with Crippen molar-refractivity contribution in [1.82, 2.24) is 4.98 Å². The second kappa shape index (κ2) is 7.72. The molecule has 0 saturated heterocycles. The molecule has 144 valence electrons. The molecule has 0 spiro atoms. The Kier molecular flexibility index (Phi) is 5.35. The van der Waals surface area contributed by atoms with E-state index in [1.54, 1.807) is 43.3 Å². The van der Waals surface area contributed by atoms with Gasteiger partial charge in [-0.25, -0.2) is 4.98 Å². The third-order valence-corrected chi connectivity index (χ3v) is 4.22. The molecule has 0 atom stereocenters. The molecular formula is C21H17F3N2O2. The van der Waals surface area contributed by atoms with Gasteiger partial charge in [0.05, 0.1) is 5.56 Å². The lowest BCUT2D eigenvalue weighted by Gasteiger charge is -2.10. The van der Waals surface area contributed by atoms with E-state index in [1.807, 2.05) is 0 Å². The standard InChI is InChI=1S/C21H17F3N2O2/c1-13-9-10-25-18(19(13)27)20(28)26-17-7-5-14(6-8-17)11-15-3-2-4-16(12-15)21(22,23)24/h2-10,12,27H,11H2,1H3,(H,26,28). The van der Waals surface area contributed by atoms with Crippen LogP contribution in [0.2, 0.25) is 0 Å². The summed E-state index contributed by atoms with van der Waals surface area (Å²) in [5.41, 5.74) is 1.61. The second-order valence-electron chi connectivity index (χ2n) is 6.35. The van der Waals surface area contributed by atoms with Gasteiger partial charge in [0.15, 0.2) is 5.69 Å². The van der Waals surface area contributed by atoms with Crippen molar-refractivity contribution in [2.75, 3.05) is 5.32 Å². The molecule has 0 unspecified atom stereocenters. The number of alkyl halides is 3. The quantitative estimate of drug-likeness (QED) is 0.666. The van der Waals surface area contributed by atoms with Gasteiger partial charge < -0.3 is 10.4 Å². The lowest BCUT2D eigenvalue weighted by Crippen LogP contribution is -2.14. The number of aryl methyl sites for hydroxylation is 1. The van der Waals surface area contributed by atoms with Crippen molar-refractivity contribution in [3.63, 3.8) is 0 Å². The van der Waals surface area contributed by atoms with Crippen LogP contribution in [0.5, 0.6) is 5.75 Å². The van der Waals surface area contributed by atoms with Crippen LogP contribution in [0, 0.1) is 6.92 Å². The minimum Gasteiger partial charge on any atom is -0.505 e. The first kappa shape index (κ1) is 19.4. The topological polar surface area (TPSA) is 62.2 Å². The summed E-state index contributed by atoms with van der Waals surface area (Å²) in [6.45, 7) is 1.66. The van der Waals surface area contributed by atoms with E-state index < -0.39 is 17.6 Å². The maximum Gasteiger partial charge on any atom is 0.416 e. The number of halogens is 3. The van der Waals surface area contributed by atoms with Crippen molar-refractivity contribution in [2.45, 2.75) is 19.5 Å². The first-order valence-electron chi connectivity index (χ1n) is 8.45. The largest absolute Gasteiger partial charge is 0.505 e. The van der Waals surface area contributed by atoms with Crippen LogP contribution in [0.25, 0.3) is 0 Å². The Balaban J connectivity index is 1.70. The van der Waals surface area contributed by atoms with Gasteiger partial charge in [-0.15, -0.1) is 0 Å². The molecule has 4 nitrogen and oxygen atoms in total. The molecule has 0 radical (unpaired) electrons. The van der Waals surface area contributed by atoms with Gasteiger partial charge in [-0.05, 0) is 54.3 Å². The van der Waals surface area contributed by atoms with Gasteiger partial charge in [0.25, 0.3) is 5.91 Å². The van der Waals surface area contributed by atoms with Crippen molar-refractivity contribution in [3.05, 3.63) is 88.7 Å². The molecule has 3 aromatic rings. The van der Waals surface area contributed by atoms with Gasteiger partial charge in [0.2, 0.25) is 0 Å². The number of nitrogens with zero attached hydrogens (tertiary/aromatic N) is 1. The smallest absolute Gasteiger partial charge is 0.416 e. The molecule has 0 saturated carbocycles. The predicted octanol–water partition coefficient (Wildman–Crippen LogP) is 4.96. The molecule has 0 aliphatic heterocycles. The van der Waals surface area contributed by atoms with Gasteiger partial charge in [-0.1, -0.05) is 30.3 Å². The van der Waals surface area contributed by atoms with Crippen molar-refractivity contribution < 1.29 is 23.1 Å². The molecule has 0 aliphatic rings. The van der Waals surface area contributed by atoms with Crippen molar-refractivity contribution >= 4 is 11.6 Å². The highest BCUT2D eigenvalue weighted by Gasteiger charge is 2.30. The van der Waals surface area contributed by atoms with Crippen molar-refractivity contribution in [1.29, 1.82) is 0 Å². The van der Waals surface area contributed by atoms with Crippen LogP contribution >= 0.6 is 0 Å². The van der Waals surface area contributed by atoms with Gasteiger partial charge in [-0.2, -0.15) is 13.2 Å². The zero-order valence-corrected chi connectivity index (χ0v) is 14.9. The fraction of sp³-hybridized carbons (Fsp3) is 0.143. The van der Waals surface area contributed by atoms with E-state index >= 15 is 0 Å². The average molecular weight is 386 g/mol. The van der Waals surface area contributed by atoms with E-state index in [2.05, 4.69) is 10.3 Å². The van der Waals surface area contributed by atoms with Crippen LogP contribution in [0.3, 0.4) is 0 Å².